The maximum atomic E-state index is 12.5. The number of aromatic nitrogens is 2. The highest BCUT2D eigenvalue weighted by atomic mass is 32.2. The van der Waals surface area contributed by atoms with Gasteiger partial charge in [-0.2, -0.15) is 0 Å². The molecule has 0 bridgehead atoms. The molecule has 1 aliphatic carbocycles. The molecule has 2 heterocycles. The molecule has 0 saturated carbocycles. The van der Waals surface area contributed by atoms with Crippen LogP contribution in [-0.2, 0) is 32.9 Å². The number of nitrogens with one attached hydrogen (secondary N) is 1. The number of amides is 1. The van der Waals surface area contributed by atoms with Crippen LogP contribution in [0.15, 0.2) is 4.79 Å². The lowest BCUT2D eigenvalue weighted by atomic mass is 10.2. The number of H-pyrrole nitrogens is 1. The van der Waals surface area contributed by atoms with Gasteiger partial charge in [0.25, 0.3) is 5.56 Å². The van der Waals surface area contributed by atoms with Crippen LogP contribution in [0, 0.1) is 0 Å². The van der Waals surface area contributed by atoms with E-state index in [0.29, 0.717) is 18.2 Å². The summed E-state index contributed by atoms with van der Waals surface area (Å²) in [6.45, 7) is 5.71. The third-order valence-corrected chi connectivity index (χ3v) is 6.75. The van der Waals surface area contributed by atoms with Crippen LogP contribution < -0.4 is 5.56 Å². The first-order chi connectivity index (χ1) is 13.4. The fourth-order valence-electron chi connectivity index (χ4n) is 3.34. The Hall–Kier alpha value is -1.87. The van der Waals surface area contributed by atoms with Crippen LogP contribution in [0.25, 0.3) is 10.2 Å². The van der Waals surface area contributed by atoms with Crippen molar-refractivity contribution in [3.8, 4) is 0 Å². The molecule has 0 atom stereocenters. The van der Waals surface area contributed by atoms with Gasteiger partial charge in [-0.05, 0) is 45.6 Å². The summed E-state index contributed by atoms with van der Waals surface area (Å²) in [4.78, 5) is 47.7. The van der Waals surface area contributed by atoms with Crippen molar-refractivity contribution in [2.75, 3.05) is 18.9 Å². The van der Waals surface area contributed by atoms with Crippen molar-refractivity contribution in [2.45, 2.75) is 51.8 Å². The van der Waals surface area contributed by atoms with Gasteiger partial charge in [0.1, 0.15) is 17.2 Å². The molecule has 9 heteroatoms. The van der Waals surface area contributed by atoms with Crippen LogP contribution in [-0.4, -0.2) is 51.7 Å². The molecule has 2 aromatic rings. The van der Waals surface area contributed by atoms with Crippen LogP contribution >= 0.6 is 23.1 Å². The fraction of sp³-hybridized carbons (Fsp3) is 0.579. The fourth-order valence-corrected chi connectivity index (χ4v) is 5.39. The lowest BCUT2D eigenvalue weighted by molar-refractivity contribution is -0.149. The van der Waals surface area contributed by atoms with Crippen molar-refractivity contribution in [3.63, 3.8) is 0 Å². The molecule has 1 N–H and O–H groups in total. The molecular weight excluding hydrogens is 398 g/mol. The van der Waals surface area contributed by atoms with E-state index in [1.807, 2.05) is 13.8 Å². The molecule has 0 aliphatic heterocycles. The van der Waals surface area contributed by atoms with Crippen LogP contribution in [0.3, 0.4) is 0 Å². The second-order valence-corrected chi connectivity index (χ2v) is 9.03. The predicted octanol–water partition coefficient (Wildman–Crippen LogP) is 2.51. The number of hydrogen-bond donors (Lipinski definition) is 1. The average Bonchev–Trinajstić information content (AvgIpc) is 3.20. The van der Waals surface area contributed by atoms with Crippen molar-refractivity contribution < 1.29 is 14.3 Å². The number of hydrogen-bond acceptors (Lipinski definition) is 7. The molecule has 2 aromatic heterocycles. The van der Waals surface area contributed by atoms with E-state index in [0.717, 1.165) is 35.0 Å². The number of thioether (sulfide) groups is 1. The van der Waals surface area contributed by atoms with Gasteiger partial charge >= 0.3 is 5.97 Å². The number of aryl methyl sites for hydroxylation is 2. The predicted molar refractivity (Wildman–Crippen MR) is 112 cm³/mol. The van der Waals surface area contributed by atoms with E-state index in [9.17, 15) is 14.4 Å². The Kier molecular flexibility index (Phi) is 6.77. The summed E-state index contributed by atoms with van der Waals surface area (Å²) in [5.74, 6) is 0.686. The normalized spacial score (nSPS) is 13.1. The molecule has 1 amide bonds. The van der Waals surface area contributed by atoms with Gasteiger partial charge in [0.2, 0.25) is 5.91 Å². The second-order valence-electron chi connectivity index (χ2n) is 6.96. The van der Waals surface area contributed by atoms with Gasteiger partial charge in [0.15, 0.2) is 0 Å². The molecule has 0 aromatic carbocycles. The third-order valence-electron chi connectivity index (χ3n) is 4.64. The summed E-state index contributed by atoms with van der Waals surface area (Å²) >= 11 is 2.99. The lowest BCUT2D eigenvalue weighted by Gasteiger charge is -2.25. The van der Waals surface area contributed by atoms with E-state index in [4.69, 9.17) is 4.74 Å². The minimum atomic E-state index is -0.406. The summed E-state index contributed by atoms with van der Waals surface area (Å²) in [5.41, 5.74) is 1.08. The maximum Gasteiger partial charge on any atom is 0.325 e. The molecule has 0 radical (unpaired) electrons. The highest BCUT2D eigenvalue weighted by Gasteiger charge is 2.22. The molecule has 0 spiro atoms. The zero-order valence-corrected chi connectivity index (χ0v) is 18.0. The minimum Gasteiger partial charge on any atom is -0.465 e. The van der Waals surface area contributed by atoms with E-state index >= 15 is 0 Å². The first-order valence-electron chi connectivity index (χ1n) is 9.47. The quantitative estimate of drug-likeness (QED) is 0.656. The number of nitrogens with zero attached hydrogens (tertiary/aromatic N) is 2. The minimum absolute atomic E-state index is 0.0489. The van der Waals surface area contributed by atoms with Gasteiger partial charge in [0.05, 0.1) is 23.5 Å². The average molecular weight is 424 g/mol. The number of carbonyl (C=O) groups excluding carboxylic acids is 2. The molecule has 7 nitrogen and oxygen atoms in total. The van der Waals surface area contributed by atoms with Crippen LogP contribution in [0.1, 0.15) is 43.5 Å². The van der Waals surface area contributed by atoms with Gasteiger partial charge in [0, 0.05) is 10.9 Å². The van der Waals surface area contributed by atoms with E-state index in [2.05, 4.69) is 9.97 Å². The first kappa shape index (κ1) is 20.9. The number of aromatic amines is 1. The van der Waals surface area contributed by atoms with E-state index in [1.165, 1.54) is 21.5 Å². The van der Waals surface area contributed by atoms with Crippen LogP contribution in [0.4, 0.5) is 0 Å². The summed E-state index contributed by atoms with van der Waals surface area (Å²) in [6, 6.07) is -0.0970. The number of esters is 1. The Bertz CT molecular complexity index is 935. The van der Waals surface area contributed by atoms with Crippen molar-refractivity contribution in [1.29, 1.82) is 0 Å². The SMILES string of the molecule is CCOC(=O)CN(C(=O)CSCc1nc2sc3c(c2c(=O)[nH]1)CCC3)C(C)C. The Morgan fingerprint density at radius 1 is 1.36 bits per heavy atom. The number of rotatable bonds is 8. The molecule has 1 aliphatic rings. The Labute approximate surface area is 171 Å². The summed E-state index contributed by atoms with van der Waals surface area (Å²) < 4.78 is 4.94. The Morgan fingerprint density at radius 3 is 2.86 bits per heavy atom. The van der Waals surface area contributed by atoms with E-state index in [-0.39, 0.29) is 29.8 Å². The van der Waals surface area contributed by atoms with E-state index < -0.39 is 5.97 Å². The van der Waals surface area contributed by atoms with Crippen LogP contribution in [0.2, 0.25) is 0 Å². The monoisotopic (exact) mass is 423 g/mol. The summed E-state index contributed by atoms with van der Waals surface area (Å²) in [5, 5.41) is 0.739. The molecule has 0 unspecified atom stereocenters. The second kappa shape index (κ2) is 9.09. The highest BCUT2D eigenvalue weighted by Crippen LogP contribution is 2.34. The largest absolute Gasteiger partial charge is 0.465 e. The van der Waals surface area contributed by atoms with Gasteiger partial charge in [-0.3, -0.25) is 14.4 Å². The van der Waals surface area contributed by atoms with Crippen molar-refractivity contribution >= 4 is 45.2 Å². The molecule has 152 valence electrons. The number of carbonyl (C=O) groups is 2. The zero-order chi connectivity index (χ0) is 20.3. The summed E-state index contributed by atoms with van der Waals surface area (Å²) in [6.07, 6.45) is 3.09. The maximum absolute atomic E-state index is 12.5. The molecule has 28 heavy (non-hydrogen) atoms. The Balaban J connectivity index is 1.61. The van der Waals surface area contributed by atoms with Crippen molar-refractivity contribution in [2.24, 2.45) is 0 Å². The van der Waals surface area contributed by atoms with Crippen molar-refractivity contribution in [3.05, 3.63) is 26.6 Å². The molecule has 0 fully saturated rings. The van der Waals surface area contributed by atoms with Gasteiger partial charge < -0.3 is 14.6 Å². The van der Waals surface area contributed by atoms with Crippen LogP contribution in [0.5, 0.6) is 0 Å². The molecule has 0 saturated heterocycles. The highest BCUT2D eigenvalue weighted by molar-refractivity contribution is 7.99. The van der Waals surface area contributed by atoms with E-state index in [1.54, 1.807) is 18.3 Å². The van der Waals surface area contributed by atoms with Gasteiger partial charge in [-0.15, -0.1) is 23.1 Å². The number of fused-ring (bicyclic) bond motifs is 3. The standard InChI is InChI=1S/C19H25N3O4S2/c1-4-26-16(24)8-22(11(2)3)15(23)10-27-9-14-20-18(25)17-12-6-5-7-13(12)28-19(17)21-14/h11H,4-10H2,1-3H3,(H,20,21,25). The molecular formula is C19H25N3O4S2. The Morgan fingerprint density at radius 2 is 2.14 bits per heavy atom. The summed E-state index contributed by atoms with van der Waals surface area (Å²) in [7, 11) is 0. The van der Waals surface area contributed by atoms with Gasteiger partial charge in [-0.25, -0.2) is 4.98 Å². The number of ether oxygens (including phenoxy) is 1. The zero-order valence-electron chi connectivity index (χ0n) is 16.4. The smallest absolute Gasteiger partial charge is 0.325 e. The number of thiophene rings is 1. The van der Waals surface area contributed by atoms with Crippen molar-refractivity contribution in [1.82, 2.24) is 14.9 Å². The third kappa shape index (κ3) is 4.57. The van der Waals surface area contributed by atoms with Gasteiger partial charge in [-0.1, -0.05) is 0 Å². The first-order valence-corrected chi connectivity index (χ1v) is 11.4. The lowest BCUT2D eigenvalue weighted by Crippen LogP contribution is -2.42. The topological polar surface area (TPSA) is 92.4 Å². The molecule has 3 rings (SSSR count).